The van der Waals surface area contributed by atoms with Gasteiger partial charge in [0.15, 0.2) is 0 Å². The molecule has 0 atom stereocenters. The molecular formula is C14H19N3O4. The zero-order valence-corrected chi connectivity index (χ0v) is 12.0. The van der Waals surface area contributed by atoms with Crippen LogP contribution in [0.25, 0.3) is 0 Å². The Balaban J connectivity index is 1.83. The van der Waals surface area contributed by atoms with Crippen LogP contribution in [-0.4, -0.2) is 71.6 Å². The molecule has 1 amide bonds. The quantitative estimate of drug-likeness (QED) is 0.793. The monoisotopic (exact) mass is 293 g/mol. The largest absolute Gasteiger partial charge is 0.506 e. The summed E-state index contributed by atoms with van der Waals surface area (Å²) in [5, 5.41) is 9.36. The number of amides is 1. The molecule has 7 heteroatoms. The van der Waals surface area contributed by atoms with Crippen LogP contribution in [0.5, 0.6) is 5.75 Å². The fourth-order valence-electron chi connectivity index (χ4n) is 2.25. The van der Waals surface area contributed by atoms with E-state index >= 15 is 0 Å². The van der Waals surface area contributed by atoms with Crippen molar-refractivity contribution >= 4 is 11.9 Å². The van der Waals surface area contributed by atoms with Crippen molar-refractivity contribution in [2.24, 2.45) is 0 Å². The van der Waals surface area contributed by atoms with Gasteiger partial charge in [-0.05, 0) is 6.07 Å². The first-order valence-corrected chi connectivity index (χ1v) is 6.82. The highest BCUT2D eigenvalue weighted by Gasteiger charge is 2.22. The minimum Gasteiger partial charge on any atom is -0.506 e. The minimum absolute atomic E-state index is 0.0161. The maximum atomic E-state index is 12.3. The topological polar surface area (TPSA) is 83.0 Å². The van der Waals surface area contributed by atoms with Crippen LogP contribution >= 0.6 is 0 Å². The fraction of sp³-hybridized carbons (Fsp3) is 0.500. The summed E-state index contributed by atoms with van der Waals surface area (Å²) in [7, 11) is 1.38. The highest BCUT2D eigenvalue weighted by Crippen LogP contribution is 2.13. The Hall–Kier alpha value is -2.15. The molecule has 0 aliphatic carbocycles. The van der Waals surface area contributed by atoms with E-state index in [0.29, 0.717) is 31.6 Å². The Morgan fingerprint density at radius 1 is 1.29 bits per heavy atom. The van der Waals surface area contributed by atoms with Crippen LogP contribution in [0.4, 0.5) is 0 Å². The number of hydrogen-bond acceptors (Lipinski definition) is 6. The summed E-state index contributed by atoms with van der Waals surface area (Å²) in [5.74, 6) is -0.372. The van der Waals surface area contributed by atoms with Crippen LogP contribution in [0, 0.1) is 0 Å². The normalized spacial score (nSPS) is 15.8. The standard InChI is InChI=1S/C14H19N3O4/c1-21-13(19)2-3-16-4-6-17(7-5-16)14(20)11-8-12(18)10-15-9-11/h8-10,18H,2-7H2,1H3. The molecular weight excluding hydrogens is 274 g/mol. The van der Waals surface area contributed by atoms with Crippen LogP contribution in [-0.2, 0) is 9.53 Å². The molecule has 1 N–H and O–H groups in total. The first-order chi connectivity index (χ1) is 10.1. The van der Waals surface area contributed by atoms with E-state index in [-0.39, 0.29) is 17.6 Å². The molecule has 2 rings (SSSR count). The molecule has 7 nitrogen and oxygen atoms in total. The van der Waals surface area contributed by atoms with Gasteiger partial charge in [-0.25, -0.2) is 0 Å². The summed E-state index contributed by atoms with van der Waals surface area (Å²) in [5.41, 5.74) is 0.387. The molecule has 21 heavy (non-hydrogen) atoms. The molecule has 0 bridgehead atoms. The second-order valence-corrected chi connectivity index (χ2v) is 4.89. The first kappa shape index (κ1) is 15.2. The molecule has 2 heterocycles. The van der Waals surface area contributed by atoms with Crippen LogP contribution in [0.3, 0.4) is 0 Å². The molecule has 1 aliphatic rings. The maximum absolute atomic E-state index is 12.3. The fourth-order valence-corrected chi connectivity index (χ4v) is 2.25. The van der Waals surface area contributed by atoms with Gasteiger partial charge in [-0.3, -0.25) is 19.5 Å². The summed E-state index contributed by atoms with van der Waals surface area (Å²) in [6, 6.07) is 1.42. The molecule has 1 aromatic rings. The summed E-state index contributed by atoms with van der Waals surface area (Å²) >= 11 is 0. The number of pyridine rings is 1. The van der Waals surface area contributed by atoms with Crippen molar-refractivity contribution in [3.63, 3.8) is 0 Å². The molecule has 0 aromatic carbocycles. The summed E-state index contributed by atoms with van der Waals surface area (Å²) < 4.78 is 4.61. The second kappa shape index (κ2) is 7.03. The predicted molar refractivity (Wildman–Crippen MR) is 74.9 cm³/mol. The van der Waals surface area contributed by atoms with E-state index in [2.05, 4.69) is 14.6 Å². The Morgan fingerprint density at radius 3 is 2.62 bits per heavy atom. The van der Waals surface area contributed by atoms with Gasteiger partial charge in [-0.1, -0.05) is 0 Å². The van der Waals surface area contributed by atoms with E-state index in [0.717, 1.165) is 13.1 Å². The lowest BCUT2D eigenvalue weighted by atomic mass is 10.2. The number of aromatic hydroxyl groups is 1. The summed E-state index contributed by atoms with van der Waals surface area (Å²) in [4.78, 5) is 31.0. The van der Waals surface area contributed by atoms with Crippen molar-refractivity contribution < 1.29 is 19.4 Å². The molecule has 0 spiro atoms. The van der Waals surface area contributed by atoms with Gasteiger partial charge < -0.3 is 14.7 Å². The number of nitrogens with zero attached hydrogens (tertiary/aromatic N) is 3. The third-order valence-electron chi connectivity index (χ3n) is 3.49. The molecule has 0 saturated carbocycles. The molecule has 1 aromatic heterocycles. The number of carbonyl (C=O) groups is 2. The number of methoxy groups -OCH3 is 1. The van der Waals surface area contributed by atoms with Crippen LogP contribution in [0.15, 0.2) is 18.5 Å². The lowest BCUT2D eigenvalue weighted by Gasteiger charge is -2.34. The van der Waals surface area contributed by atoms with E-state index in [1.807, 2.05) is 0 Å². The Morgan fingerprint density at radius 2 is 2.00 bits per heavy atom. The smallest absolute Gasteiger partial charge is 0.306 e. The van der Waals surface area contributed by atoms with Gasteiger partial charge in [0.05, 0.1) is 25.3 Å². The zero-order valence-electron chi connectivity index (χ0n) is 12.0. The number of hydrogen-bond donors (Lipinski definition) is 1. The maximum Gasteiger partial charge on any atom is 0.306 e. The Kier molecular flexibility index (Phi) is 5.10. The molecule has 0 radical (unpaired) electrons. The van der Waals surface area contributed by atoms with Crippen LogP contribution in [0.2, 0.25) is 0 Å². The first-order valence-electron chi connectivity index (χ1n) is 6.82. The molecule has 1 aliphatic heterocycles. The summed E-state index contributed by atoms with van der Waals surface area (Å²) in [6.45, 7) is 3.26. The lowest BCUT2D eigenvalue weighted by molar-refractivity contribution is -0.141. The average Bonchev–Trinajstić information content (AvgIpc) is 2.52. The lowest BCUT2D eigenvalue weighted by Crippen LogP contribution is -2.49. The molecule has 1 fully saturated rings. The van der Waals surface area contributed by atoms with E-state index in [1.165, 1.54) is 25.6 Å². The minimum atomic E-state index is -0.223. The van der Waals surface area contributed by atoms with Crippen molar-refractivity contribution in [1.82, 2.24) is 14.8 Å². The van der Waals surface area contributed by atoms with E-state index in [1.54, 1.807) is 4.90 Å². The van der Waals surface area contributed by atoms with Crippen molar-refractivity contribution in [1.29, 1.82) is 0 Å². The number of ether oxygens (including phenoxy) is 1. The zero-order chi connectivity index (χ0) is 15.2. The summed E-state index contributed by atoms with van der Waals surface area (Å²) in [6.07, 6.45) is 3.11. The third-order valence-corrected chi connectivity index (χ3v) is 3.49. The van der Waals surface area contributed by atoms with Gasteiger partial charge in [-0.15, -0.1) is 0 Å². The number of aromatic nitrogens is 1. The van der Waals surface area contributed by atoms with E-state index < -0.39 is 0 Å². The van der Waals surface area contributed by atoms with Gasteiger partial charge in [0.2, 0.25) is 0 Å². The van der Waals surface area contributed by atoms with Crippen LogP contribution < -0.4 is 0 Å². The predicted octanol–water partition coefficient (Wildman–Crippen LogP) is 0.108. The number of rotatable bonds is 4. The molecule has 1 saturated heterocycles. The van der Waals surface area contributed by atoms with Crippen molar-refractivity contribution in [3.8, 4) is 5.75 Å². The van der Waals surface area contributed by atoms with Gasteiger partial charge in [0.25, 0.3) is 5.91 Å². The third kappa shape index (κ3) is 4.16. The Labute approximate surface area is 123 Å². The average molecular weight is 293 g/mol. The van der Waals surface area contributed by atoms with Crippen LogP contribution in [0.1, 0.15) is 16.8 Å². The van der Waals surface area contributed by atoms with Gasteiger partial charge in [0, 0.05) is 38.9 Å². The second-order valence-electron chi connectivity index (χ2n) is 4.89. The highest BCUT2D eigenvalue weighted by molar-refractivity contribution is 5.94. The van der Waals surface area contributed by atoms with Gasteiger partial charge >= 0.3 is 5.97 Å². The van der Waals surface area contributed by atoms with Crippen molar-refractivity contribution in [2.45, 2.75) is 6.42 Å². The van der Waals surface area contributed by atoms with Crippen molar-refractivity contribution in [2.75, 3.05) is 39.8 Å². The SMILES string of the molecule is COC(=O)CCN1CCN(C(=O)c2cncc(O)c2)CC1. The number of piperazine rings is 1. The molecule has 0 unspecified atom stereocenters. The number of carbonyl (C=O) groups excluding carboxylic acids is 2. The van der Waals surface area contributed by atoms with Gasteiger partial charge in [0.1, 0.15) is 5.75 Å². The van der Waals surface area contributed by atoms with E-state index in [9.17, 15) is 14.7 Å². The number of esters is 1. The Bertz CT molecular complexity index is 513. The van der Waals surface area contributed by atoms with E-state index in [4.69, 9.17) is 0 Å². The highest BCUT2D eigenvalue weighted by atomic mass is 16.5. The van der Waals surface area contributed by atoms with Crippen molar-refractivity contribution in [3.05, 3.63) is 24.0 Å². The van der Waals surface area contributed by atoms with Gasteiger partial charge in [-0.2, -0.15) is 0 Å². The molecule has 114 valence electrons.